The van der Waals surface area contributed by atoms with Gasteiger partial charge in [-0.25, -0.2) is 15.1 Å². The summed E-state index contributed by atoms with van der Waals surface area (Å²) in [5.41, 5.74) is 2.58. The van der Waals surface area contributed by atoms with Crippen LogP contribution in [-0.4, -0.2) is 10.7 Å². The van der Waals surface area contributed by atoms with Crippen molar-refractivity contribution < 1.29 is 5.03 Å². The molecule has 0 fully saturated rings. The first-order valence-corrected chi connectivity index (χ1v) is 8.36. The summed E-state index contributed by atoms with van der Waals surface area (Å²) in [5.74, 6) is 0. The number of para-hydroxylation sites is 2. The normalized spacial score (nSPS) is 20.2. The average Bonchev–Trinajstić information content (AvgIpc) is 2.93. The van der Waals surface area contributed by atoms with Crippen molar-refractivity contribution in [2.75, 3.05) is 5.01 Å². The topological polar surface area (TPSA) is 58.7 Å². The molecular formula is C21H17N3O2. The smallest absolute Gasteiger partial charge is 0.170 e. The van der Waals surface area contributed by atoms with E-state index in [4.69, 9.17) is 4.99 Å². The molecule has 3 aromatic carbocycles. The molecule has 0 aliphatic carbocycles. The maximum atomic E-state index is 12.0. The summed E-state index contributed by atoms with van der Waals surface area (Å²) >= 11 is 0. The van der Waals surface area contributed by atoms with Crippen molar-refractivity contribution >= 4 is 17.1 Å². The quantitative estimate of drug-likeness (QED) is 0.510. The number of hydrogen-bond donors (Lipinski definition) is 0. The molecule has 1 unspecified atom stereocenters. The highest BCUT2D eigenvalue weighted by Gasteiger charge is 2.54. The van der Waals surface area contributed by atoms with Crippen molar-refractivity contribution in [3.05, 3.63) is 106 Å². The molecule has 4 rings (SSSR count). The van der Waals surface area contributed by atoms with Gasteiger partial charge in [-0.3, -0.25) is 0 Å². The van der Waals surface area contributed by atoms with Crippen LogP contribution >= 0.6 is 0 Å². The summed E-state index contributed by atoms with van der Waals surface area (Å²) < 4.78 is 0. The first-order valence-electron chi connectivity index (χ1n) is 8.36. The Labute approximate surface area is 151 Å². The van der Waals surface area contributed by atoms with Crippen molar-refractivity contribution in [1.82, 2.24) is 0 Å². The van der Waals surface area contributed by atoms with Crippen LogP contribution in [0.25, 0.3) is 0 Å². The van der Waals surface area contributed by atoms with Gasteiger partial charge in [0.15, 0.2) is 10.6 Å². The van der Waals surface area contributed by atoms with Gasteiger partial charge < -0.3 is 0 Å². The maximum Gasteiger partial charge on any atom is 0.170 e. The van der Waals surface area contributed by atoms with E-state index in [0.29, 0.717) is 11.4 Å². The Hall–Kier alpha value is -3.47. The Balaban J connectivity index is 2.02. The predicted molar refractivity (Wildman–Crippen MR) is 102 cm³/mol. The molecule has 0 N–H and O–H groups in total. The van der Waals surface area contributed by atoms with Gasteiger partial charge in [0, 0.05) is 5.56 Å². The second kappa shape index (κ2) is 6.11. The van der Waals surface area contributed by atoms with Crippen LogP contribution in [0.3, 0.4) is 0 Å². The molecule has 0 spiro atoms. The zero-order valence-electron chi connectivity index (χ0n) is 14.2. The van der Waals surface area contributed by atoms with Crippen molar-refractivity contribution in [2.24, 2.45) is 4.99 Å². The van der Waals surface area contributed by atoms with Crippen LogP contribution in [0.15, 0.2) is 89.9 Å². The lowest BCUT2D eigenvalue weighted by Gasteiger charge is -2.29. The van der Waals surface area contributed by atoms with E-state index in [9.17, 15) is 10.1 Å². The number of anilines is 1. The Morgan fingerprint density at radius 1 is 0.885 bits per heavy atom. The van der Waals surface area contributed by atoms with Crippen LogP contribution in [0.1, 0.15) is 18.1 Å². The minimum atomic E-state index is -1.01. The van der Waals surface area contributed by atoms with Gasteiger partial charge in [0.2, 0.25) is 0 Å². The molecule has 1 aliphatic rings. The highest BCUT2D eigenvalue weighted by molar-refractivity contribution is 6.17. The monoisotopic (exact) mass is 343 g/mol. The number of rotatable bonds is 3. The highest BCUT2D eigenvalue weighted by atomic mass is 16.7. The molecule has 0 bridgehead atoms. The summed E-state index contributed by atoms with van der Waals surface area (Å²) in [6, 6.07) is 26.4. The minimum Gasteiger partial charge on any atom is -0.250 e. The third-order valence-corrected chi connectivity index (χ3v) is 4.77. The Morgan fingerprint density at radius 2 is 1.46 bits per heavy atom. The van der Waals surface area contributed by atoms with Gasteiger partial charge in [-0.05, 0) is 30.7 Å². The van der Waals surface area contributed by atoms with E-state index in [1.54, 1.807) is 6.07 Å². The van der Waals surface area contributed by atoms with E-state index in [1.165, 1.54) is 5.01 Å². The Morgan fingerprint density at radius 3 is 2.12 bits per heavy atom. The van der Waals surface area contributed by atoms with Crippen LogP contribution < -0.4 is 5.01 Å². The number of hydrazine groups is 1. The summed E-state index contributed by atoms with van der Waals surface area (Å²) in [6.45, 7) is 1.85. The number of nitro groups is 1. The second-order valence-corrected chi connectivity index (χ2v) is 6.30. The third kappa shape index (κ3) is 2.37. The lowest BCUT2D eigenvalue weighted by molar-refractivity contribution is -0.503. The van der Waals surface area contributed by atoms with E-state index >= 15 is 0 Å². The lowest BCUT2D eigenvalue weighted by atomic mass is 9.86. The van der Waals surface area contributed by atoms with Crippen molar-refractivity contribution in [1.29, 1.82) is 0 Å². The molecule has 5 nitrogen and oxygen atoms in total. The largest absolute Gasteiger partial charge is 0.250 e. The predicted octanol–water partition coefficient (Wildman–Crippen LogP) is 4.73. The molecular weight excluding hydrogens is 326 g/mol. The number of benzene rings is 3. The van der Waals surface area contributed by atoms with E-state index in [1.807, 2.05) is 85.8 Å². The van der Waals surface area contributed by atoms with Gasteiger partial charge in [-0.15, -0.1) is 0 Å². The van der Waals surface area contributed by atoms with Crippen LogP contribution in [0.2, 0.25) is 0 Å². The average molecular weight is 343 g/mol. The number of aliphatic imine (C=N–C) groups is 1. The van der Waals surface area contributed by atoms with Crippen molar-refractivity contribution in [2.45, 2.75) is 12.5 Å². The molecule has 5 heteroatoms. The zero-order valence-corrected chi connectivity index (χ0v) is 14.2. The SMILES string of the molecule is CC1(c2ccccc2)C(=Nc2ccccc2)c2ccccc2N1[N+](=O)[O-]. The molecule has 0 saturated heterocycles. The van der Waals surface area contributed by atoms with E-state index in [-0.39, 0.29) is 5.03 Å². The Kier molecular flexibility index (Phi) is 3.77. The fourth-order valence-corrected chi connectivity index (χ4v) is 3.54. The summed E-state index contributed by atoms with van der Waals surface area (Å²) in [7, 11) is 0. The molecule has 1 atom stereocenters. The van der Waals surface area contributed by atoms with Crippen LogP contribution in [0.4, 0.5) is 11.4 Å². The van der Waals surface area contributed by atoms with Gasteiger partial charge in [0.05, 0.1) is 11.4 Å². The Bertz CT molecular complexity index is 986. The van der Waals surface area contributed by atoms with E-state index in [2.05, 4.69) is 0 Å². The number of fused-ring (bicyclic) bond motifs is 1. The molecule has 0 radical (unpaired) electrons. The second-order valence-electron chi connectivity index (χ2n) is 6.30. The summed E-state index contributed by atoms with van der Waals surface area (Å²) in [4.78, 5) is 16.9. The highest BCUT2D eigenvalue weighted by Crippen LogP contribution is 2.45. The molecule has 1 heterocycles. The van der Waals surface area contributed by atoms with E-state index in [0.717, 1.165) is 16.8 Å². The van der Waals surface area contributed by atoms with Crippen LogP contribution in [-0.2, 0) is 5.54 Å². The molecule has 0 saturated carbocycles. The minimum absolute atomic E-state index is 0.348. The molecule has 1 aliphatic heterocycles. The third-order valence-electron chi connectivity index (χ3n) is 4.77. The first kappa shape index (κ1) is 16.0. The summed E-state index contributed by atoms with van der Waals surface area (Å²) in [6.07, 6.45) is 0. The molecule has 26 heavy (non-hydrogen) atoms. The standard InChI is InChI=1S/C21H17N3O2/c1-21(16-10-4-2-5-11-16)20(22-17-12-6-3-7-13-17)18-14-8-9-15-19(18)23(21)24(25)26/h2-15H,1H3. The van der Waals surface area contributed by atoms with Gasteiger partial charge in [-0.2, -0.15) is 0 Å². The fourth-order valence-electron chi connectivity index (χ4n) is 3.54. The van der Waals surface area contributed by atoms with Gasteiger partial charge in [0.25, 0.3) is 0 Å². The van der Waals surface area contributed by atoms with Crippen LogP contribution in [0, 0.1) is 10.1 Å². The summed E-state index contributed by atoms with van der Waals surface area (Å²) in [5, 5.41) is 12.9. The van der Waals surface area contributed by atoms with Crippen molar-refractivity contribution in [3.8, 4) is 0 Å². The van der Waals surface area contributed by atoms with E-state index < -0.39 is 5.54 Å². The zero-order chi connectivity index (χ0) is 18.1. The fraction of sp³-hybridized carbons (Fsp3) is 0.0952. The number of hydrogen-bond acceptors (Lipinski definition) is 3. The van der Waals surface area contributed by atoms with Crippen LogP contribution in [0.5, 0.6) is 0 Å². The lowest BCUT2D eigenvalue weighted by Crippen LogP contribution is -2.48. The van der Waals surface area contributed by atoms with Gasteiger partial charge in [-0.1, -0.05) is 71.7 Å². The maximum absolute atomic E-state index is 12.0. The molecule has 0 amide bonds. The number of nitrogens with zero attached hydrogens (tertiary/aromatic N) is 3. The molecule has 3 aromatic rings. The van der Waals surface area contributed by atoms with Gasteiger partial charge in [0.1, 0.15) is 5.69 Å². The van der Waals surface area contributed by atoms with Gasteiger partial charge >= 0.3 is 0 Å². The first-order chi connectivity index (χ1) is 12.6. The molecule has 128 valence electrons. The molecule has 0 aromatic heterocycles. The van der Waals surface area contributed by atoms with Crippen molar-refractivity contribution in [3.63, 3.8) is 0 Å².